The first-order valence-corrected chi connectivity index (χ1v) is 7.07. The van der Waals surface area contributed by atoms with Crippen molar-refractivity contribution < 1.29 is 14.0 Å². The van der Waals surface area contributed by atoms with Crippen LogP contribution in [0.4, 0.5) is 0 Å². The highest BCUT2D eigenvalue weighted by molar-refractivity contribution is 6.30. The van der Waals surface area contributed by atoms with Gasteiger partial charge in [0.05, 0.1) is 5.56 Å². The predicted octanol–water partition coefficient (Wildman–Crippen LogP) is 2.68. The van der Waals surface area contributed by atoms with Crippen molar-refractivity contribution in [2.24, 2.45) is 5.73 Å². The first kappa shape index (κ1) is 16.1. The average Bonchev–Trinajstić information content (AvgIpc) is 2.77. The van der Waals surface area contributed by atoms with Gasteiger partial charge in [-0.25, -0.2) is 0 Å². The minimum atomic E-state index is -1.38. The van der Waals surface area contributed by atoms with Crippen molar-refractivity contribution in [3.8, 4) is 0 Å². The molecule has 2 amide bonds. The number of halogens is 1. The maximum absolute atomic E-state index is 12.4. The molecule has 1 aromatic heterocycles. The zero-order valence-electron chi connectivity index (χ0n) is 12.6. The second-order valence-corrected chi connectivity index (χ2v) is 5.72. The van der Waals surface area contributed by atoms with Crippen LogP contribution in [0.3, 0.4) is 0 Å². The summed E-state index contributed by atoms with van der Waals surface area (Å²) in [7, 11) is 0. The molecule has 0 radical (unpaired) electrons. The summed E-state index contributed by atoms with van der Waals surface area (Å²) in [6.07, 6.45) is 0. The van der Waals surface area contributed by atoms with Gasteiger partial charge >= 0.3 is 0 Å². The van der Waals surface area contributed by atoms with Crippen molar-refractivity contribution in [3.63, 3.8) is 0 Å². The molecule has 0 saturated carbocycles. The van der Waals surface area contributed by atoms with Crippen molar-refractivity contribution in [1.82, 2.24) is 5.32 Å². The molecule has 0 fully saturated rings. The Balaban J connectivity index is 2.39. The van der Waals surface area contributed by atoms with Crippen LogP contribution in [0.15, 0.2) is 34.7 Å². The minimum Gasteiger partial charge on any atom is -0.466 e. The molecule has 0 saturated heterocycles. The van der Waals surface area contributed by atoms with Crippen LogP contribution in [0.5, 0.6) is 0 Å². The molecule has 0 aliphatic carbocycles. The molecule has 3 N–H and O–H groups in total. The molecular weight excluding hydrogens is 304 g/mol. The van der Waals surface area contributed by atoms with Gasteiger partial charge in [-0.15, -0.1) is 0 Å². The van der Waals surface area contributed by atoms with E-state index in [2.05, 4.69) is 5.32 Å². The number of rotatable bonds is 4. The van der Waals surface area contributed by atoms with Gasteiger partial charge in [-0.2, -0.15) is 0 Å². The van der Waals surface area contributed by atoms with Gasteiger partial charge in [-0.1, -0.05) is 23.7 Å². The first-order chi connectivity index (χ1) is 10.2. The number of nitrogens with one attached hydrogen (secondary N) is 1. The third-order valence-corrected chi connectivity index (χ3v) is 3.78. The lowest BCUT2D eigenvalue weighted by molar-refractivity contribution is -0.123. The van der Waals surface area contributed by atoms with Crippen molar-refractivity contribution in [2.45, 2.75) is 26.3 Å². The van der Waals surface area contributed by atoms with E-state index < -0.39 is 17.4 Å². The summed E-state index contributed by atoms with van der Waals surface area (Å²) in [6.45, 7) is 4.97. The normalized spacial score (nSPS) is 13.5. The first-order valence-electron chi connectivity index (χ1n) is 6.69. The van der Waals surface area contributed by atoms with Gasteiger partial charge in [-0.3, -0.25) is 9.59 Å². The molecule has 0 spiro atoms. The molecule has 0 bridgehead atoms. The molecule has 2 aromatic rings. The number of primary amides is 1. The summed E-state index contributed by atoms with van der Waals surface area (Å²) in [5.41, 5.74) is 5.01. The molecule has 22 heavy (non-hydrogen) atoms. The van der Waals surface area contributed by atoms with Crippen molar-refractivity contribution >= 4 is 23.4 Å². The smallest absolute Gasteiger partial charge is 0.255 e. The quantitative estimate of drug-likeness (QED) is 0.908. The van der Waals surface area contributed by atoms with Gasteiger partial charge < -0.3 is 15.5 Å². The van der Waals surface area contributed by atoms with Gasteiger partial charge in [0, 0.05) is 5.02 Å². The number of furan rings is 1. The van der Waals surface area contributed by atoms with Crippen molar-refractivity contribution in [3.05, 3.63) is 58.0 Å². The van der Waals surface area contributed by atoms with Gasteiger partial charge in [-0.05, 0) is 44.5 Å². The molecule has 1 aromatic carbocycles. The summed E-state index contributed by atoms with van der Waals surface area (Å²) in [4.78, 5) is 24.4. The maximum Gasteiger partial charge on any atom is 0.255 e. The standard InChI is InChI=1S/C16H17ClN2O3/c1-9-7-13(10(2)22-9)14(20)19-16(3,15(18)21)11-5-4-6-12(17)8-11/h4-8H,1-3H3,(H2,18,21)(H,19,20). The van der Waals surface area contributed by atoms with Crippen LogP contribution in [-0.2, 0) is 10.3 Å². The number of benzene rings is 1. The Kier molecular flexibility index (Phi) is 4.28. The number of carbonyl (C=O) groups is 2. The molecule has 5 nitrogen and oxygen atoms in total. The van der Waals surface area contributed by atoms with E-state index in [1.54, 1.807) is 51.1 Å². The number of nitrogens with two attached hydrogens (primary N) is 1. The fourth-order valence-corrected chi connectivity index (χ4v) is 2.42. The third-order valence-electron chi connectivity index (χ3n) is 3.54. The second kappa shape index (κ2) is 5.85. The van der Waals surface area contributed by atoms with Crippen molar-refractivity contribution in [2.75, 3.05) is 0 Å². The highest BCUT2D eigenvalue weighted by Crippen LogP contribution is 2.25. The Morgan fingerprint density at radius 1 is 1.27 bits per heavy atom. The van der Waals surface area contributed by atoms with E-state index in [4.69, 9.17) is 21.8 Å². The monoisotopic (exact) mass is 320 g/mol. The van der Waals surface area contributed by atoms with Gasteiger partial charge in [0.15, 0.2) is 0 Å². The highest BCUT2D eigenvalue weighted by Gasteiger charge is 2.36. The van der Waals surface area contributed by atoms with Crippen LogP contribution >= 0.6 is 11.6 Å². The fourth-order valence-electron chi connectivity index (χ4n) is 2.23. The molecule has 2 rings (SSSR count). The lowest BCUT2D eigenvalue weighted by Gasteiger charge is -2.28. The van der Waals surface area contributed by atoms with E-state index >= 15 is 0 Å². The summed E-state index contributed by atoms with van der Waals surface area (Å²) < 4.78 is 5.34. The van der Waals surface area contributed by atoms with E-state index in [0.717, 1.165) is 0 Å². The zero-order valence-corrected chi connectivity index (χ0v) is 13.3. The van der Waals surface area contributed by atoms with Gasteiger partial charge in [0.1, 0.15) is 17.1 Å². The van der Waals surface area contributed by atoms with Gasteiger partial charge in [0.2, 0.25) is 5.91 Å². The van der Waals surface area contributed by atoms with Gasteiger partial charge in [0.25, 0.3) is 5.91 Å². The number of carbonyl (C=O) groups excluding carboxylic acids is 2. The van der Waals surface area contributed by atoms with E-state index in [1.807, 2.05) is 0 Å². The van der Waals surface area contributed by atoms with Crippen LogP contribution < -0.4 is 11.1 Å². The number of hydrogen-bond donors (Lipinski definition) is 2. The topological polar surface area (TPSA) is 85.3 Å². The summed E-state index contributed by atoms with van der Waals surface area (Å²) in [5, 5.41) is 3.13. The zero-order chi connectivity index (χ0) is 16.5. The molecule has 1 atom stereocenters. The van der Waals surface area contributed by atoms with Crippen LogP contribution in [0.2, 0.25) is 5.02 Å². The van der Waals surface area contributed by atoms with Crippen LogP contribution in [0, 0.1) is 13.8 Å². The van der Waals surface area contributed by atoms with Crippen LogP contribution in [0.25, 0.3) is 0 Å². The van der Waals surface area contributed by atoms with Crippen molar-refractivity contribution in [1.29, 1.82) is 0 Å². The maximum atomic E-state index is 12.4. The van der Waals surface area contributed by atoms with Crippen LogP contribution in [-0.4, -0.2) is 11.8 Å². The average molecular weight is 321 g/mol. The predicted molar refractivity (Wildman–Crippen MR) is 83.6 cm³/mol. The number of hydrogen-bond acceptors (Lipinski definition) is 3. The molecule has 6 heteroatoms. The number of amides is 2. The lowest BCUT2D eigenvalue weighted by atomic mass is 9.90. The molecule has 0 aliphatic rings. The largest absolute Gasteiger partial charge is 0.466 e. The summed E-state index contributed by atoms with van der Waals surface area (Å²) in [6, 6.07) is 8.27. The molecule has 1 heterocycles. The molecule has 1 unspecified atom stereocenters. The Morgan fingerprint density at radius 3 is 2.45 bits per heavy atom. The van der Waals surface area contributed by atoms with E-state index in [0.29, 0.717) is 27.7 Å². The Labute approximate surface area is 133 Å². The Morgan fingerprint density at radius 2 is 1.95 bits per heavy atom. The fraction of sp³-hybridized carbons (Fsp3) is 0.250. The summed E-state index contributed by atoms with van der Waals surface area (Å²) >= 11 is 5.96. The molecular formula is C16H17ClN2O3. The SMILES string of the molecule is Cc1cc(C(=O)NC(C)(C(N)=O)c2cccc(Cl)c2)c(C)o1. The van der Waals surface area contributed by atoms with E-state index in [9.17, 15) is 9.59 Å². The molecule has 116 valence electrons. The summed E-state index contributed by atoms with van der Waals surface area (Å²) in [5.74, 6) is -0.0179. The number of aryl methyl sites for hydroxylation is 2. The second-order valence-electron chi connectivity index (χ2n) is 5.28. The Bertz CT molecular complexity index is 739. The molecule has 0 aliphatic heterocycles. The van der Waals surface area contributed by atoms with E-state index in [1.165, 1.54) is 0 Å². The van der Waals surface area contributed by atoms with Crippen LogP contribution in [0.1, 0.15) is 34.4 Å². The minimum absolute atomic E-state index is 0.368. The lowest BCUT2D eigenvalue weighted by Crippen LogP contribution is -2.52. The Hall–Kier alpha value is -2.27. The third kappa shape index (κ3) is 2.99. The van der Waals surface area contributed by atoms with E-state index in [-0.39, 0.29) is 0 Å². The highest BCUT2D eigenvalue weighted by atomic mass is 35.5.